The zero-order chi connectivity index (χ0) is 36.8. The van der Waals surface area contributed by atoms with Crippen LogP contribution in [0, 0.1) is 12.3 Å². The molecule has 0 radical (unpaired) electrons. The topological polar surface area (TPSA) is 129 Å². The van der Waals surface area contributed by atoms with Crippen molar-refractivity contribution in [1.82, 2.24) is 35.3 Å². The van der Waals surface area contributed by atoms with E-state index in [4.69, 9.17) is 19.4 Å². The van der Waals surface area contributed by atoms with E-state index in [9.17, 15) is 22.8 Å². The van der Waals surface area contributed by atoms with Crippen molar-refractivity contribution in [3.8, 4) is 22.9 Å². The van der Waals surface area contributed by atoms with E-state index < -0.39 is 12.8 Å². The van der Waals surface area contributed by atoms with Gasteiger partial charge in [-0.3, -0.25) is 9.89 Å². The van der Waals surface area contributed by atoms with Gasteiger partial charge >= 0.3 is 18.2 Å². The first-order valence-corrected chi connectivity index (χ1v) is 17.4. The lowest BCUT2D eigenvalue weighted by molar-refractivity contribution is -0.153. The lowest BCUT2D eigenvalue weighted by atomic mass is 9.72. The van der Waals surface area contributed by atoms with Crippen LogP contribution in [-0.2, 0) is 4.79 Å². The Hall–Kier alpha value is -5.34. The molecule has 12 nitrogen and oxygen atoms in total. The average Bonchev–Trinajstić information content (AvgIpc) is 3.61. The number of urea groups is 1. The number of alkyl halides is 3. The number of hydrogen-bond acceptors (Lipinski definition) is 8. The molecule has 15 heteroatoms. The Labute approximate surface area is 298 Å². The predicted molar refractivity (Wildman–Crippen MR) is 191 cm³/mol. The number of amides is 3. The van der Waals surface area contributed by atoms with Crippen LogP contribution in [-0.4, -0.2) is 107 Å². The number of nitrogens with zero attached hydrogens (tertiary/aromatic N) is 6. The number of fused-ring (bicyclic) bond motifs is 2. The average molecular weight is 719 g/mol. The highest BCUT2D eigenvalue weighted by atomic mass is 19.4. The Morgan fingerprint density at radius 1 is 1.06 bits per heavy atom. The highest BCUT2D eigenvalue weighted by molar-refractivity contribution is 6.07. The molecule has 3 saturated heterocycles. The monoisotopic (exact) mass is 718 g/mol. The van der Waals surface area contributed by atoms with Gasteiger partial charge in [0.1, 0.15) is 17.4 Å². The summed E-state index contributed by atoms with van der Waals surface area (Å²) in [6.07, 6.45) is 2.24. The van der Waals surface area contributed by atoms with Crippen LogP contribution in [0.25, 0.3) is 39.0 Å². The van der Waals surface area contributed by atoms with Crippen molar-refractivity contribution in [1.29, 1.82) is 0 Å². The molecule has 3 aliphatic heterocycles. The second-order valence-electron chi connectivity index (χ2n) is 13.8. The van der Waals surface area contributed by atoms with Gasteiger partial charge in [-0.05, 0) is 54.7 Å². The third kappa shape index (κ3) is 6.59. The molecule has 4 aromatic rings. The van der Waals surface area contributed by atoms with Crippen LogP contribution in [0.4, 0.5) is 23.8 Å². The zero-order valence-corrected chi connectivity index (χ0v) is 29.2. The van der Waals surface area contributed by atoms with Gasteiger partial charge in [0.25, 0.3) is 0 Å². The fourth-order valence-corrected chi connectivity index (χ4v) is 7.73. The number of benzene rings is 2. The van der Waals surface area contributed by atoms with Crippen LogP contribution in [0.5, 0.6) is 11.8 Å². The Morgan fingerprint density at radius 2 is 1.79 bits per heavy atom. The van der Waals surface area contributed by atoms with Gasteiger partial charge in [0.05, 0.1) is 11.7 Å². The van der Waals surface area contributed by atoms with Crippen LogP contribution in [0.2, 0.25) is 0 Å². The van der Waals surface area contributed by atoms with E-state index in [0.29, 0.717) is 90.9 Å². The van der Waals surface area contributed by atoms with Gasteiger partial charge in [-0.2, -0.15) is 28.2 Å². The fourth-order valence-electron chi connectivity index (χ4n) is 7.73. The molecule has 1 spiro atoms. The minimum atomic E-state index is -4.64. The molecule has 0 unspecified atom stereocenters. The molecule has 2 aromatic carbocycles. The molecule has 2 N–H and O–H groups in total. The van der Waals surface area contributed by atoms with E-state index in [0.717, 1.165) is 18.4 Å². The molecule has 2 aromatic heterocycles. The summed E-state index contributed by atoms with van der Waals surface area (Å²) in [6, 6.07) is 5.44. The first-order chi connectivity index (χ1) is 24.9. The minimum Gasteiger partial charge on any atom is -0.481 e. The molecule has 3 fully saturated rings. The number of carbonyl (C=O) groups excluding carboxylic acids is 2. The molecule has 7 rings (SSSR count). The van der Waals surface area contributed by atoms with Crippen molar-refractivity contribution in [3.05, 3.63) is 54.8 Å². The lowest BCUT2D eigenvalue weighted by Crippen LogP contribution is -2.61. The summed E-state index contributed by atoms with van der Waals surface area (Å²) in [5.74, 6) is 0.370. The normalized spacial score (nSPS) is 17.7. The molecule has 3 amide bonds. The summed E-state index contributed by atoms with van der Waals surface area (Å²) in [5, 5.41) is 11.0. The van der Waals surface area contributed by atoms with Gasteiger partial charge in [0.2, 0.25) is 5.91 Å². The Kier molecular flexibility index (Phi) is 9.21. The Morgan fingerprint density at radius 3 is 2.44 bits per heavy atom. The number of nitrogens with one attached hydrogen (secondary N) is 2. The summed E-state index contributed by atoms with van der Waals surface area (Å²) in [5.41, 5.74) is 3.27. The van der Waals surface area contributed by atoms with Crippen molar-refractivity contribution < 1.29 is 32.2 Å². The van der Waals surface area contributed by atoms with E-state index in [-0.39, 0.29) is 40.7 Å². The molecule has 52 heavy (non-hydrogen) atoms. The largest absolute Gasteiger partial charge is 0.481 e. The number of aromatic amines is 1. The van der Waals surface area contributed by atoms with Gasteiger partial charge in [-0.15, -0.1) is 0 Å². The number of anilines is 1. The third-order valence-electron chi connectivity index (χ3n) is 10.5. The first-order valence-electron chi connectivity index (χ1n) is 17.4. The lowest BCUT2D eigenvalue weighted by Gasteiger charge is -2.54. The molecular formula is C37H41F3N8O4. The fraction of sp³-hybridized carbons (Fsp3) is 0.432. The number of aromatic nitrogens is 4. The SMILES string of the molecule is C=CC(=O)N1CC2(CCN(c3nc(OC4CCN(C(=O)NC)CC4)nc4c(OCC(F)(F)F)c(-c5c(C)ccc6[nH]ncc56)c(C=C)cc34)CC2)C1. The zero-order valence-electron chi connectivity index (χ0n) is 29.2. The van der Waals surface area contributed by atoms with Crippen LogP contribution in [0.15, 0.2) is 43.6 Å². The maximum atomic E-state index is 13.9. The summed E-state index contributed by atoms with van der Waals surface area (Å²) in [4.78, 5) is 39.7. The molecule has 0 atom stereocenters. The van der Waals surface area contributed by atoms with E-state index >= 15 is 0 Å². The van der Waals surface area contributed by atoms with Crippen LogP contribution < -0.4 is 19.7 Å². The van der Waals surface area contributed by atoms with Gasteiger partial charge < -0.3 is 29.5 Å². The molecule has 3 aliphatic rings. The van der Waals surface area contributed by atoms with Crippen molar-refractivity contribution in [2.45, 2.75) is 44.9 Å². The number of rotatable bonds is 8. The quantitative estimate of drug-likeness (QED) is 0.217. The number of likely N-dealkylation sites (tertiary alicyclic amines) is 2. The number of hydrogen-bond donors (Lipinski definition) is 2. The maximum Gasteiger partial charge on any atom is 0.422 e. The number of carbonyl (C=O) groups is 2. The van der Waals surface area contributed by atoms with Gasteiger partial charge in [0.15, 0.2) is 12.4 Å². The number of aryl methyl sites for hydroxylation is 1. The predicted octanol–water partition coefficient (Wildman–Crippen LogP) is 5.86. The second kappa shape index (κ2) is 13.7. The number of piperidine rings is 2. The maximum absolute atomic E-state index is 13.9. The Balaban J connectivity index is 1.35. The van der Waals surface area contributed by atoms with E-state index in [1.807, 2.05) is 25.1 Å². The van der Waals surface area contributed by atoms with Crippen LogP contribution >= 0.6 is 0 Å². The molecular weight excluding hydrogens is 677 g/mol. The Bertz CT molecular complexity index is 2040. The number of ether oxygens (including phenoxy) is 2. The molecule has 274 valence electrons. The smallest absolute Gasteiger partial charge is 0.422 e. The van der Waals surface area contributed by atoms with Crippen LogP contribution in [0.1, 0.15) is 36.8 Å². The highest BCUT2D eigenvalue weighted by Crippen LogP contribution is 2.48. The summed E-state index contributed by atoms with van der Waals surface area (Å²) >= 11 is 0. The second-order valence-corrected chi connectivity index (χ2v) is 13.8. The van der Waals surface area contributed by atoms with Crippen molar-refractivity contribution in [2.75, 3.05) is 57.8 Å². The van der Waals surface area contributed by atoms with Gasteiger partial charge in [0, 0.05) is 80.9 Å². The standard InChI is InChI=1S/C37H41F3N8O4/c1-5-23-17-25-31(32(51-21-37(38,39)40)30(23)29-22(3)7-8-27-26(29)18-42-45-27)43-34(52-24-9-13-47(14-10-24)35(50)41-4)44-33(25)46-15-11-36(12-16-46)19-48(20-36)28(49)6-2/h5-8,17-18,24H,1-2,9-16,19-21H2,3-4H3,(H,41,50)(H,42,45). The van der Waals surface area contributed by atoms with Crippen molar-refractivity contribution in [2.24, 2.45) is 5.41 Å². The van der Waals surface area contributed by atoms with E-state index in [2.05, 4.69) is 33.6 Å². The van der Waals surface area contributed by atoms with Crippen molar-refractivity contribution >= 4 is 45.6 Å². The highest BCUT2D eigenvalue weighted by Gasteiger charge is 2.46. The van der Waals surface area contributed by atoms with Gasteiger partial charge in [-0.1, -0.05) is 25.3 Å². The molecule has 5 heterocycles. The van der Waals surface area contributed by atoms with Gasteiger partial charge in [-0.25, -0.2) is 4.79 Å². The van der Waals surface area contributed by atoms with E-state index in [1.54, 1.807) is 29.1 Å². The van der Waals surface area contributed by atoms with Crippen LogP contribution in [0.3, 0.4) is 0 Å². The first kappa shape index (κ1) is 35.1. The minimum absolute atomic E-state index is 0.0139. The summed E-state index contributed by atoms with van der Waals surface area (Å²) in [7, 11) is 1.58. The third-order valence-corrected chi connectivity index (χ3v) is 10.5. The number of halogens is 3. The summed E-state index contributed by atoms with van der Waals surface area (Å²) < 4.78 is 54.0. The van der Waals surface area contributed by atoms with Crippen molar-refractivity contribution in [3.63, 3.8) is 0 Å². The number of H-pyrrole nitrogens is 1. The van der Waals surface area contributed by atoms with E-state index in [1.165, 1.54) is 6.08 Å². The summed E-state index contributed by atoms with van der Waals surface area (Å²) in [6.45, 7) is 11.4. The molecule has 0 aliphatic carbocycles. The molecule has 0 bridgehead atoms. The molecule has 0 saturated carbocycles.